The number of benzene rings is 3. The van der Waals surface area contributed by atoms with Gasteiger partial charge in [0.05, 0.1) is 13.7 Å². The maximum absolute atomic E-state index is 6.53. The van der Waals surface area contributed by atoms with Gasteiger partial charge in [0, 0.05) is 22.7 Å². The first-order valence-electron chi connectivity index (χ1n) is 10.2. The van der Waals surface area contributed by atoms with Crippen LogP contribution < -0.4 is 19.5 Å². The van der Waals surface area contributed by atoms with Crippen molar-refractivity contribution < 1.29 is 14.2 Å². The molecule has 0 radical (unpaired) electrons. The van der Waals surface area contributed by atoms with Crippen molar-refractivity contribution in [2.75, 3.05) is 20.3 Å². The highest BCUT2D eigenvalue weighted by Gasteiger charge is 2.12. The van der Waals surface area contributed by atoms with E-state index in [4.69, 9.17) is 37.4 Å². The summed E-state index contributed by atoms with van der Waals surface area (Å²) in [4.78, 5) is 0. The summed E-state index contributed by atoms with van der Waals surface area (Å²) in [5.41, 5.74) is 3.20. The minimum absolute atomic E-state index is 0.385. The van der Waals surface area contributed by atoms with Gasteiger partial charge in [-0.05, 0) is 66.9 Å². The van der Waals surface area contributed by atoms with Crippen LogP contribution in [0.1, 0.15) is 23.6 Å². The van der Waals surface area contributed by atoms with Crippen LogP contribution in [-0.2, 0) is 19.6 Å². The average molecular weight is 460 g/mol. The van der Waals surface area contributed by atoms with E-state index in [0.717, 1.165) is 29.8 Å². The SMILES string of the molecule is CCOc1cc(CNCCc2ccc(OC)cc2)c(Cl)cc1OCc1cccc(Cl)c1. The normalized spacial score (nSPS) is 10.7. The number of hydrogen-bond acceptors (Lipinski definition) is 4. The summed E-state index contributed by atoms with van der Waals surface area (Å²) < 4.78 is 17.0. The Bertz CT molecular complexity index is 977. The third-order valence-electron chi connectivity index (χ3n) is 4.76. The first-order chi connectivity index (χ1) is 15.1. The summed E-state index contributed by atoms with van der Waals surface area (Å²) in [5.74, 6) is 2.17. The van der Waals surface area contributed by atoms with Crippen LogP contribution in [-0.4, -0.2) is 20.3 Å². The molecule has 1 N–H and O–H groups in total. The molecule has 0 fully saturated rings. The molecule has 3 rings (SSSR count). The van der Waals surface area contributed by atoms with Gasteiger partial charge in [-0.25, -0.2) is 0 Å². The number of halogens is 2. The van der Waals surface area contributed by atoms with Gasteiger partial charge in [-0.15, -0.1) is 0 Å². The van der Waals surface area contributed by atoms with E-state index in [1.165, 1.54) is 5.56 Å². The van der Waals surface area contributed by atoms with Gasteiger partial charge in [0.2, 0.25) is 0 Å². The van der Waals surface area contributed by atoms with E-state index in [9.17, 15) is 0 Å². The maximum Gasteiger partial charge on any atom is 0.163 e. The van der Waals surface area contributed by atoms with Gasteiger partial charge in [-0.2, -0.15) is 0 Å². The molecule has 3 aromatic carbocycles. The van der Waals surface area contributed by atoms with Gasteiger partial charge >= 0.3 is 0 Å². The summed E-state index contributed by atoms with van der Waals surface area (Å²) in [6.45, 7) is 4.35. The first-order valence-corrected chi connectivity index (χ1v) is 11.0. The molecule has 0 heterocycles. The molecule has 0 bridgehead atoms. The zero-order chi connectivity index (χ0) is 22.1. The summed E-state index contributed by atoms with van der Waals surface area (Å²) in [5, 5.41) is 4.77. The van der Waals surface area contributed by atoms with Crippen molar-refractivity contribution in [1.29, 1.82) is 0 Å². The molecule has 0 saturated heterocycles. The molecule has 0 atom stereocenters. The highest BCUT2D eigenvalue weighted by Crippen LogP contribution is 2.34. The van der Waals surface area contributed by atoms with E-state index >= 15 is 0 Å². The van der Waals surface area contributed by atoms with Crippen LogP contribution in [0.5, 0.6) is 17.2 Å². The molecule has 0 saturated carbocycles. The summed E-state index contributed by atoms with van der Waals surface area (Å²) in [6.07, 6.45) is 0.917. The third-order valence-corrected chi connectivity index (χ3v) is 5.35. The second-order valence-electron chi connectivity index (χ2n) is 7.02. The summed E-state index contributed by atoms with van der Waals surface area (Å²) in [6, 6.07) is 19.4. The quantitative estimate of drug-likeness (QED) is 0.341. The smallest absolute Gasteiger partial charge is 0.163 e. The minimum atomic E-state index is 0.385. The van der Waals surface area contributed by atoms with Crippen molar-refractivity contribution in [1.82, 2.24) is 5.32 Å². The molecule has 0 spiro atoms. The van der Waals surface area contributed by atoms with Crippen LogP contribution in [0.25, 0.3) is 0 Å². The van der Waals surface area contributed by atoms with Gasteiger partial charge in [0.15, 0.2) is 11.5 Å². The fourth-order valence-corrected chi connectivity index (χ4v) is 3.56. The molecule has 0 aliphatic rings. The molecule has 0 amide bonds. The second-order valence-corrected chi connectivity index (χ2v) is 7.86. The van der Waals surface area contributed by atoms with E-state index in [1.807, 2.05) is 55.5 Å². The number of methoxy groups -OCH3 is 1. The molecular formula is C25H27Cl2NO3. The van der Waals surface area contributed by atoms with E-state index in [2.05, 4.69) is 17.4 Å². The van der Waals surface area contributed by atoms with Crippen LogP contribution in [0, 0.1) is 0 Å². The lowest BCUT2D eigenvalue weighted by atomic mass is 10.1. The van der Waals surface area contributed by atoms with Crippen molar-refractivity contribution in [3.05, 3.63) is 87.4 Å². The molecular weight excluding hydrogens is 433 g/mol. The molecule has 0 aliphatic heterocycles. The highest BCUT2D eigenvalue weighted by atomic mass is 35.5. The number of rotatable bonds is 11. The first kappa shape index (κ1) is 23.3. The lowest BCUT2D eigenvalue weighted by Crippen LogP contribution is -2.17. The van der Waals surface area contributed by atoms with Crippen LogP contribution in [0.3, 0.4) is 0 Å². The van der Waals surface area contributed by atoms with Crippen molar-refractivity contribution in [2.24, 2.45) is 0 Å². The fourth-order valence-electron chi connectivity index (χ4n) is 3.13. The topological polar surface area (TPSA) is 39.7 Å². The van der Waals surface area contributed by atoms with E-state index in [1.54, 1.807) is 7.11 Å². The number of ether oxygens (including phenoxy) is 3. The Balaban J connectivity index is 1.59. The second kappa shape index (κ2) is 11.8. The van der Waals surface area contributed by atoms with Crippen LogP contribution in [0.15, 0.2) is 60.7 Å². The number of nitrogens with one attached hydrogen (secondary N) is 1. The molecule has 0 aliphatic carbocycles. The van der Waals surface area contributed by atoms with E-state index in [0.29, 0.717) is 41.3 Å². The van der Waals surface area contributed by atoms with Crippen LogP contribution >= 0.6 is 23.2 Å². The van der Waals surface area contributed by atoms with E-state index in [-0.39, 0.29) is 0 Å². The Morgan fingerprint density at radius 2 is 1.65 bits per heavy atom. The maximum atomic E-state index is 6.53. The van der Waals surface area contributed by atoms with Gasteiger partial charge in [-0.1, -0.05) is 47.5 Å². The zero-order valence-corrected chi connectivity index (χ0v) is 19.3. The Hall–Kier alpha value is -2.40. The Morgan fingerprint density at radius 1 is 0.871 bits per heavy atom. The molecule has 0 aromatic heterocycles. The summed E-state index contributed by atoms with van der Waals surface area (Å²) in [7, 11) is 1.67. The average Bonchev–Trinajstić information content (AvgIpc) is 2.78. The third kappa shape index (κ3) is 7.06. The summed E-state index contributed by atoms with van der Waals surface area (Å²) >= 11 is 12.6. The predicted molar refractivity (Wildman–Crippen MR) is 127 cm³/mol. The monoisotopic (exact) mass is 459 g/mol. The van der Waals surface area contributed by atoms with Gasteiger partial charge in [0.25, 0.3) is 0 Å². The van der Waals surface area contributed by atoms with Crippen molar-refractivity contribution in [3.63, 3.8) is 0 Å². The molecule has 6 heteroatoms. The predicted octanol–water partition coefficient (Wildman–Crippen LogP) is 6.31. The molecule has 164 valence electrons. The van der Waals surface area contributed by atoms with Crippen molar-refractivity contribution in [2.45, 2.75) is 26.5 Å². The van der Waals surface area contributed by atoms with Gasteiger partial charge < -0.3 is 19.5 Å². The zero-order valence-electron chi connectivity index (χ0n) is 17.8. The lowest BCUT2D eigenvalue weighted by Gasteiger charge is -2.15. The van der Waals surface area contributed by atoms with E-state index < -0.39 is 0 Å². The van der Waals surface area contributed by atoms with Crippen molar-refractivity contribution in [3.8, 4) is 17.2 Å². The molecule has 4 nitrogen and oxygen atoms in total. The molecule has 0 unspecified atom stereocenters. The standard InChI is InChI=1S/C25H27Cl2NO3/c1-3-30-24-14-20(16-28-12-11-18-7-9-22(29-2)10-8-18)23(27)15-25(24)31-17-19-5-4-6-21(26)13-19/h4-10,13-15,28H,3,11-12,16-17H2,1-2H3. The van der Waals surface area contributed by atoms with Crippen LogP contribution in [0.4, 0.5) is 0 Å². The van der Waals surface area contributed by atoms with Gasteiger partial charge in [0.1, 0.15) is 12.4 Å². The lowest BCUT2D eigenvalue weighted by molar-refractivity contribution is 0.269. The Morgan fingerprint density at radius 3 is 2.35 bits per heavy atom. The Kier molecular flexibility index (Phi) is 8.89. The molecule has 31 heavy (non-hydrogen) atoms. The van der Waals surface area contributed by atoms with Gasteiger partial charge in [-0.3, -0.25) is 0 Å². The van der Waals surface area contributed by atoms with Crippen molar-refractivity contribution >= 4 is 23.2 Å². The Labute approximate surface area is 194 Å². The fraction of sp³-hybridized carbons (Fsp3) is 0.280. The molecule has 3 aromatic rings. The minimum Gasteiger partial charge on any atom is -0.497 e. The highest BCUT2D eigenvalue weighted by molar-refractivity contribution is 6.31. The van der Waals surface area contributed by atoms with Crippen LogP contribution in [0.2, 0.25) is 10.0 Å². The number of hydrogen-bond donors (Lipinski definition) is 1. The largest absolute Gasteiger partial charge is 0.497 e.